The Morgan fingerprint density at radius 3 is 2.52 bits per heavy atom. The van der Waals surface area contributed by atoms with E-state index in [0.29, 0.717) is 46.7 Å². The second kappa shape index (κ2) is 11.2. The Hall–Kier alpha value is -4.65. The number of aryl methyl sites for hydroxylation is 2. The topological polar surface area (TPSA) is 86.0 Å². The van der Waals surface area contributed by atoms with Crippen molar-refractivity contribution in [1.29, 1.82) is 0 Å². The van der Waals surface area contributed by atoms with Gasteiger partial charge in [0.2, 0.25) is 5.76 Å². The molecular formula is C33H31NO6. The van der Waals surface area contributed by atoms with E-state index in [1.807, 2.05) is 51.1 Å². The summed E-state index contributed by atoms with van der Waals surface area (Å²) in [6.45, 7) is 10.3. The predicted molar refractivity (Wildman–Crippen MR) is 154 cm³/mol. The molecule has 1 unspecified atom stereocenters. The third-order valence-corrected chi connectivity index (χ3v) is 7.14. The highest BCUT2D eigenvalue weighted by molar-refractivity contribution is 6.11. The third kappa shape index (κ3) is 4.91. The molecule has 0 radical (unpaired) electrons. The number of esters is 1. The average Bonchev–Trinajstić information content (AvgIpc) is 3.25. The summed E-state index contributed by atoms with van der Waals surface area (Å²) in [5.41, 5.74) is 3.88. The number of fused-ring (bicyclic) bond motifs is 2. The van der Waals surface area contributed by atoms with Crippen LogP contribution in [0.5, 0.6) is 5.75 Å². The van der Waals surface area contributed by atoms with Gasteiger partial charge in [-0.05, 0) is 85.5 Å². The minimum Gasteiger partial charge on any atom is -0.490 e. The number of hydrogen-bond donors (Lipinski definition) is 0. The molecular weight excluding hydrogens is 506 g/mol. The fourth-order valence-corrected chi connectivity index (χ4v) is 4.89. The number of unbranched alkanes of at least 4 members (excludes halogenated alkanes) is 1. The van der Waals surface area contributed by atoms with E-state index in [1.54, 1.807) is 36.4 Å². The van der Waals surface area contributed by atoms with E-state index < -0.39 is 17.9 Å². The van der Waals surface area contributed by atoms with Crippen LogP contribution in [0.2, 0.25) is 0 Å². The van der Waals surface area contributed by atoms with Crippen molar-refractivity contribution >= 4 is 28.5 Å². The van der Waals surface area contributed by atoms with E-state index in [9.17, 15) is 14.4 Å². The van der Waals surface area contributed by atoms with Crippen LogP contribution in [0.1, 0.15) is 69.0 Å². The summed E-state index contributed by atoms with van der Waals surface area (Å²) in [7, 11) is 0. The molecule has 1 atom stereocenters. The SMILES string of the molecule is C=CCOc1cccc(C2c3c(oc4cc(C)c(C)cc4c3=O)C(=O)N2c2ccc(C(=O)OCCCC)cc2)c1. The molecule has 0 bridgehead atoms. The molecule has 1 aliphatic heterocycles. The van der Waals surface area contributed by atoms with Crippen molar-refractivity contribution < 1.29 is 23.5 Å². The average molecular weight is 538 g/mol. The lowest BCUT2D eigenvalue weighted by atomic mass is 9.97. The number of carbonyl (C=O) groups excluding carboxylic acids is 2. The van der Waals surface area contributed by atoms with E-state index in [4.69, 9.17) is 13.9 Å². The smallest absolute Gasteiger partial charge is 0.338 e. The molecule has 0 saturated heterocycles. The number of anilines is 1. The molecule has 0 spiro atoms. The maximum atomic E-state index is 14.0. The fourth-order valence-electron chi connectivity index (χ4n) is 4.89. The molecule has 2 heterocycles. The van der Waals surface area contributed by atoms with E-state index in [1.165, 1.54) is 4.90 Å². The number of ether oxygens (including phenoxy) is 2. The normalized spacial score (nSPS) is 14.3. The molecule has 0 fully saturated rings. The Morgan fingerprint density at radius 1 is 1.05 bits per heavy atom. The Labute approximate surface area is 232 Å². The van der Waals surface area contributed by atoms with Crippen LogP contribution >= 0.6 is 0 Å². The van der Waals surface area contributed by atoms with Gasteiger partial charge < -0.3 is 13.9 Å². The Bertz CT molecular complexity index is 1670. The maximum absolute atomic E-state index is 14.0. The molecule has 204 valence electrons. The monoisotopic (exact) mass is 537 g/mol. The minimum atomic E-state index is -0.764. The van der Waals surface area contributed by atoms with Gasteiger partial charge in [0.05, 0.1) is 29.2 Å². The van der Waals surface area contributed by atoms with Gasteiger partial charge in [0, 0.05) is 5.69 Å². The summed E-state index contributed by atoms with van der Waals surface area (Å²) in [5.74, 6) is -0.271. The predicted octanol–water partition coefficient (Wildman–Crippen LogP) is 6.68. The largest absolute Gasteiger partial charge is 0.490 e. The van der Waals surface area contributed by atoms with Gasteiger partial charge in [-0.2, -0.15) is 0 Å². The molecule has 7 nitrogen and oxygen atoms in total. The first kappa shape index (κ1) is 26.9. The number of amides is 1. The van der Waals surface area contributed by atoms with Gasteiger partial charge in [-0.15, -0.1) is 0 Å². The first-order valence-electron chi connectivity index (χ1n) is 13.4. The number of hydrogen-bond acceptors (Lipinski definition) is 6. The van der Waals surface area contributed by atoms with Crippen LogP contribution in [-0.4, -0.2) is 25.1 Å². The van der Waals surface area contributed by atoms with Gasteiger partial charge >= 0.3 is 5.97 Å². The first-order valence-corrected chi connectivity index (χ1v) is 13.4. The van der Waals surface area contributed by atoms with Crippen molar-refractivity contribution in [2.75, 3.05) is 18.1 Å². The van der Waals surface area contributed by atoms with Gasteiger partial charge in [0.15, 0.2) is 5.43 Å². The lowest BCUT2D eigenvalue weighted by Crippen LogP contribution is -2.29. The summed E-state index contributed by atoms with van der Waals surface area (Å²) < 4.78 is 17.2. The zero-order chi connectivity index (χ0) is 28.4. The van der Waals surface area contributed by atoms with E-state index in [2.05, 4.69) is 6.58 Å². The van der Waals surface area contributed by atoms with Crippen molar-refractivity contribution in [2.24, 2.45) is 0 Å². The highest BCUT2D eigenvalue weighted by Crippen LogP contribution is 2.42. The number of nitrogens with zero attached hydrogens (tertiary/aromatic N) is 1. The number of benzene rings is 3. The molecule has 1 aromatic heterocycles. The maximum Gasteiger partial charge on any atom is 0.338 e. The highest BCUT2D eigenvalue weighted by atomic mass is 16.5. The molecule has 1 amide bonds. The molecule has 0 N–H and O–H groups in total. The van der Waals surface area contributed by atoms with Gasteiger partial charge in [0.1, 0.15) is 17.9 Å². The summed E-state index contributed by atoms with van der Waals surface area (Å²) in [6, 6.07) is 16.7. The minimum absolute atomic E-state index is 0.00576. The Morgan fingerprint density at radius 2 is 1.80 bits per heavy atom. The first-order chi connectivity index (χ1) is 19.3. The lowest BCUT2D eigenvalue weighted by Gasteiger charge is -2.25. The van der Waals surface area contributed by atoms with E-state index in [-0.39, 0.29) is 16.8 Å². The molecule has 3 aromatic carbocycles. The number of carbonyl (C=O) groups is 2. The van der Waals surface area contributed by atoms with Crippen LogP contribution < -0.4 is 15.1 Å². The van der Waals surface area contributed by atoms with Crippen molar-refractivity contribution in [1.82, 2.24) is 0 Å². The fraction of sp³-hybridized carbons (Fsp3) is 0.242. The third-order valence-electron chi connectivity index (χ3n) is 7.14. The molecule has 0 saturated carbocycles. The van der Waals surface area contributed by atoms with Gasteiger partial charge in [0.25, 0.3) is 5.91 Å². The molecule has 40 heavy (non-hydrogen) atoms. The van der Waals surface area contributed by atoms with E-state index >= 15 is 0 Å². The van der Waals surface area contributed by atoms with E-state index in [0.717, 1.165) is 24.0 Å². The Balaban J connectivity index is 1.64. The summed E-state index contributed by atoms with van der Waals surface area (Å²) in [4.78, 5) is 41.9. The van der Waals surface area contributed by atoms with Gasteiger partial charge in [-0.3, -0.25) is 14.5 Å². The van der Waals surface area contributed by atoms with Crippen LogP contribution in [0.4, 0.5) is 5.69 Å². The van der Waals surface area contributed by atoms with Crippen LogP contribution in [0.3, 0.4) is 0 Å². The second-order valence-electron chi connectivity index (χ2n) is 9.89. The highest BCUT2D eigenvalue weighted by Gasteiger charge is 2.44. The summed E-state index contributed by atoms with van der Waals surface area (Å²) in [5, 5.41) is 0.422. The van der Waals surface area contributed by atoms with Gasteiger partial charge in [-0.25, -0.2) is 4.79 Å². The van der Waals surface area contributed by atoms with Gasteiger partial charge in [-0.1, -0.05) is 38.1 Å². The van der Waals surface area contributed by atoms with Crippen LogP contribution in [0.25, 0.3) is 11.0 Å². The molecule has 0 aliphatic carbocycles. The molecule has 1 aliphatic rings. The lowest BCUT2D eigenvalue weighted by molar-refractivity contribution is 0.0499. The summed E-state index contributed by atoms with van der Waals surface area (Å²) >= 11 is 0. The van der Waals surface area contributed by atoms with Crippen LogP contribution in [0, 0.1) is 13.8 Å². The summed E-state index contributed by atoms with van der Waals surface area (Å²) in [6.07, 6.45) is 3.36. The standard InChI is InChI=1S/C33H31NO6/c1-5-7-16-39-33(37)22-11-13-24(14-12-22)34-29(23-9-8-10-25(19-23)38-15-6-2)28-30(35)26-17-20(3)21(4)18-27(26)40-31(28)32(34)36/h6,8-14,17-19,29H,2,5,7,15-16H2,1,3-4H3. The van der Waals surface area contributed by atoms with Crippen LogP contribution in [0.15, 0.2) is 82.5 Å². The zero-order valence-corrected chi connectivity index (χ0v) is 22.9. The Kier molecular flexibility index (Phi) is 7.56. The molecule has 4 aromatic rings. The molecule has 5 rings (SSSR count). The zero-order valence-electron chi connectivity index (χ0n) is 22.9. The second-order valence-corrected chi connectivity index (χ2v) is 9.89. The van der Waals surface area contributed by atoms with Crippen molar-refractivity contribution in [3.8, 4) is 5.75 Å². The van der Waals surface area contributed by atoms with Crippen molar-refractivity contribution in [2.45, 2.75) is 39.7 Å². The van der Waals surface area contributed by atoms with Crippen molar-refractivity contribution in [3.63, 3.8) is 0 Å². The molecule has 7 heteroatoms. The number of rotatable bonds is 9. The van der Waals surface area contributed by atoms with Crippen molar-refractivity contribution in [3.05, 3.63) is 117 Å². The quantitative estimate of drug-likeness (QED) is 0.134. The van der Waals surface area contributed by atoms with Crippen LogP contribution in [-0.2, 0) is 4.74 Å².